The van der Waals surface area contributed by atoms with Crippen LogP contribution in [0.5, 0.6) is 0 Å². The van der Waals surface area contributed by atoms with Gasteiger partial charge in [0, 0.05) is 12.4 Å². The number of hydrogen-bond acceptors (Lipinski definition) is 5. The number of allylic oxidation sites excluding steroid dienone is 1. The first kappa shape index (κ1) is 10.5. The molecule has 0 aromatic heterocycles. The number of hydrogen-bond donors (Lipinski definition) is 2. The number of rotatable bonds is 2. The second kappa shape index (κ2) is 4.26. The van der Waals surface area contributed by atoms with E-state index in [1.807, 2.05) is 0 Å². The van der Waals surface area contributed by atoms with Gasteiger partial charge in [-0.15, -0.1) is 0 Å². The number of aliphatic hydroxyl groups excluding tert-OH is 2. The van der Waals surface area contributed by atoms with Crippen molar-refractivity contribution in [2.24, 2.45) is 4.99 Å². The van der Waals surface area contributed by atoms with Gasteiger partial charge < -0.3 is 19.8 Å². The molecule has 2 rings (SSSR count). The lowest BCUT2D eigenvalue weighted by molar-refractivity contribution is -0.0701. The third kappa shape index (κ3) is 1.88. The molecule has 2 aliphatic rings. The first-order chi connectivity index (χ1) is 7.24. The average Bonchev–Trinajstić information content (AvgIpc) is 2.57. The van der Waals surface area contributed by atoms with Crippen LogP contribution >= 0.6 is 0 Å². The standard InChI is InChI=1S/C9H13FN2O3/c10-7-8(14)6(4-13)15-9(7)12-3-1-2-11-5-12/h1-3,6-9,13-14H,4-5H2/t6-,7+,8-,9-/m0/s1. The molecule has 2 N–H and O–H groups in total. The molecule has 1 fully saturated rings. The molecule has 0 spiro atoms. The van der Waals surface area contributed by atoms with Crippen LogP contribution in [0.25, 0.3) is 0 Å². The van der Waals surface area contributed by atoms with E-state index in [4.69, 9.17) is 9.84 Å². The molecule has 0 saturated carbocycles. The molecule has 5 nitrogen and oxygen atoms in total. The second-order valence-electron chi connectivity index (χ2n) is 3.51. The highest BCUT2D eigenvalue weighted by Crippen LogP contribution is 2.27. The summed E-state index contributed by atoms with van der Waals surface area (Å²) in [4.78, 5) is 5.48. The second-order valence-corrected chi connectivity index (χ2v) is 3.51. The summed E-state index contributed by atoms with van der Waals surface area (Å²) in [6.07, 6.45) is 0.391. The normalized spacial score (nSPS) is 40.1. The molecule has 84 valence electrons. The topological polar surface area (TPSA) is 65.3 Å². The highest BCUT2D eigenvalue weighted by Gasteiger charge is 2.46. The van der Waals surface area contributed by atoms with E-state index in [1.165, 1.54) is 0 Å². The summed E-state index contributed by atoms with van der Waals surface area (Å²) in [6, 6.07) is 0. The first-order valence-corrected chi connectivity index (χ1v) is 4.75. The Morgan fingerprint density at radius 3 is 2.93 bits per heavy atom. The quantitative estimate of drug-likeness (QED) is 0.638. The lowest BCUT2D eigenvalue weighted by Gasteiger charge is -2.27. The van der Waals surface area contributed by atoms with Crippen molar-refractivity contribution >= 4 is 6.21 Å². The fourth-order valence-corrected chi connectivity index (χ4v) is 1.68. The van der Waals surface area contributed by atoms with Crippen LogP contribution in [0.4, 0.5) is 4.39 Å². The Morgan fingerprint density at radius 2 is 2.40 bits per heavy atom. The summed E-state index contributed by atoms with van der Waals surface area (Å²) in [7, 11) is 0. The lowest BCUT2D eigenvalue weighted by Crippen LogP contribution is -2.39. The number of aliphatic imine (C=N–C) groups is 1. The van der Waals surface area contributed by atoms with Crippen LogP contribution in [0, 0.1) is 0 Å². The predicted molar refractivity (Wildman–Crippen MR) is 51.0 cm³/mol. The zero-order valence-corrected chi connectivity index (χ0v) is 8.03. The third-order valence-corrected chi connectivity index (χ3v) is 2.51. The molecule has 6 heteroatoms. The Balaban J connectivity index is 2.04. The molecular formula is C9H13FN2O3. The third-order valence-electron chi connectivity index (χ3n) is 2.51. The van der Waals surface area contributed by atoms with E-state index < -0.39 is 24.6 Å². The number of halogens is 1. The van der Waals surface area contributed by atoms with Crippen LogP contribution in [0.3, 0.4) is 0 Å². The van der Waals surface area contributed by atoms with Crippen molar-refractivity contribution in [2.45, 2.75) is 24.6 Å². The summed E-state index contributed by atoms with van der Waals surface area (Å²) in [5, 5.41) is 18.3. The van der Waals surface area contributed by atoms with Crippen molar-refractivity contribution < 1.29 is 19.3 Å². The summed E-state index contributed by atoms with van der Waals surface area (Å²) < 4.78 is 18.8. The maximum Gasteiger partial charge on any atom is 0.173 e. The van der Waals surface area contributed by atoms with E-state index in [-0.39, 0.29) is 6.61 Å². The molecule has 0 bridgehead atoms. The van der Waals surface area contributed by atoms with E-state index in [9.17, 15) is 9.50 Å². The van der Waals surface area contributed by atoms with E-state index in [0.717, 1.165) is 0 Å². The fourth-order valence-electron chi connectivity index (χ4n) is 1.68. The lowest BCUT2D eigenvalue weighted by atomic mass is 10.1. The highest BCUT2D eigenvalue weighted by molar-refractivity contribution is 5.71. The fraction of sp³-hybridized carbons (Fsp3) is 0.667. The van der Waals surface area contributed by atoms with Gasteiger partial charge in [0.25, 0.3) is 0 Å². The van der Waals surface area contributed by atoms with Crippen LogP contribution in [0.2, 0.25) is 0 Å². The van der Waals surface area contributed by atoms with E-state index >= 15 is 0 Å². The van der Waals surface area contributed by atoms with Crippen LogP contribution < -0.4 is 0 Å². The highest BCUT2D eigenvalue weighted by atomic mass is 19.1. The maximum atomic E-state index is 13.6. The van der Waals surface area contributed by atoms with Gasteiger partial charge in [-0.25, -0.2) is 4.39 Å². The summed E-state index contributed by atoms with van der Waals surface area (Å²) in [5.41, 5.74) is 0. The minimum Gasteiger partial charge on any atom is -0.394 e. The summed E-state index contributed by atoms with van der Waals surface area (Å²) in [6.45, 7) is -0.0919. The average molecular weight is 216 g/mol. The van der Waals surface area contributed by atoms with Gasteiger partial charge in [-0.05, 0) is 6.08 Å². The molecule has 0 radical (unpaired) electrons. The van der Waals surface area contributed by atoms with Crippen LogP contribution in [0.15, 0.2) is 17.3 Å². The van der Waals surface area contributed by atoms with Gasteiger partial charge in [0.15, 0.2) is 12.4 Å². The van der Waals surface area contributed by atoms with E-state index in [0.29, 0.717) is 6.67 Å². The van der Waals surface area contributed by atoms with Gasteiger partial charge in [0.2, 0.25) is 0 Å². The molecule has 2 aliphatic heterocycles. The molecule has 4 atom stereocenters. The Bertz CT molecular complexity index is 285. The van der Waals surface area contributed by atoms with Gasteiger partial charge in [0.1, 0.15) is 18.9 Å². The van der Waals surface area contributed by atoms with Crippen molar-refractivity contribution in [1.82, 2.24) is 4.90 Å². The van der Waals surface area contributed by atoms with Crippen molar-refractivity contribution in [2.75, 3.05) is 13.3 Å². The van der Waals surface area contributed by atoms with Crippen molar-refractivity contribution in [3.63, 3.8) is 0 Å². The zero-order valence-electron chi connectivity index (χ0n) is 8.03. The molecular weight excluding hydrogens is 203 g/mol. The maximum absolute atomic E-state index is 13.6. The molecule has 15 heavy (non-hydrogen) atoms. The molecule has 0 amide bonds. The van der Waals surface area contributed by atoms with Gasteiger partial charge in [-0.2, -0.15) is 0 Å². The molecule has 1 saturated heterocycles. The van der Waals surface area contributed by atoms with Crippen molar-refractivity contribution in [1.29, 1.82) is 0 Å². The predicted octanol–water partition coefficient (Wildman–Crippen LogP) is -0.740. The van der Waals surface area contributed by atoms with E-state index in [1.54, 1.807) is 23.4 Å². The Labute approximate surface area is 86.5 Å². The molecule has 0 unspecified atom stereocenters. The van der Waals surface area contributed by atoms with Gasteiger partial charge in [-0.3, -0.25) is 4.99 Å². The Morgan fingerprint density at radius 1 is 1.60 bits per heavy atom. The minimum absolute atomic E-state index is 0.298. The van der Waals surface area contributed by atoms with Crippen LogP contribution in [0.1, 0.15) is 0 Å². The molecule has 2 heterocycles. The molecule has 0 aromatic rings. The molecule has 0 aromatic carbocycles. The summed E-state index contributed by atoms with van der Waals surface area (Å²) in [5.74, 6) is 0. The zero-order chi connectivity index (χ0) is 10.8. The Kier molecular flexibility index (Phi) is 2.99. The monoisotopic (exact) mass is 216 g/mol. The largest absolute Gasteiger partial charge is 0.394 e. The van der Waals surface area contributed by atoms with Crippen molar-refractivity contribution in [3.05, 3.63) is 12.3 Å². The number of aliphatic hydroxyl groups is 2. The van der Waals surface area contributed by atoms with Crippen LogP contribution in [-0.4, -0.2) is 59.2 Å². The molecule has 0 aliphatic carbocycles. The van der Waals surface area contributed by atoms with Gasteiger partial charge in [-0.1, -0.05) is 0 Å². The van der Waals surface area contributed by atoms with Gasteiger partial charge >= 0.3 is 0 Å². The van der Waals surface area contributed by atoms with Crippen LogP contribution in [-0.2, 0) is 4.74 Å². The minimum atomic E-state index is -1.53. The number of ether oxygens (including phenoxy) is 1. The smallest absolute Gasteiger partial charge is 0.173 e. The first-order valence-electron chi connectivity index (χ1n) is 4.75. The summed E-state index contributed by atoms with van der Waals surface area (Å²) >= 11 is 0. The van der Waals surface area contributed by atoms with Gasteiger partial charge in [0.05, 0.1) is 6.61 Å². The number of nitrogens with zero attached hydrogens (tertiary/aromatic N) is 2. The Hall–Kier alpha value is -0.980. The van der Waals surface area contributed by atoms with Crippen molar-refractivity contribution in [3.8, 4) is 0 Å². The number of alkyl halides is 1. The SMILES string of the molecule is OC[C@@H]1O[C@H](N2C=CC=NC2)[C@H](F)[C@H]1O. The van der Waals surface area contributed by atoms with E-state index in [2.05, 4.69) is 4.99 Å².